The molecule has 2 aromatic carbocycles. The topological polar surface area (TPSA) is 54.8 Å². The third-order valence-corrected chi connectivity index (χ3v) is 8.43. The molecule has 0 unspecified atom stereocenters. The second-order valence-corrected chi connectivity index (χ2v) is 11.1. The van der Waals surface area contributed by atoms with E-state index in [4.69, 9.17) is 4.74 Å². The van der Waals surface area contributed by atoms with E-state index in [0.717, 1.165) is 28.8 Å². The van der Waals surface area contributed by atoms with Crippen LogP contribution in [-0.2, 0) is 20.9 Å². The molecule has 2 aliphatic heterocycles. The fourth-order valence-electron chi connectivity index (χ4n) is 6.57. The summed E-state index contributed by atoms with van der Waals surface area (Å²) in [6.45, 7) is 6.97. The van der Waals surface area contributed by atoms with E-state index < -0.39 is 0 Å². The molecule has 0 spiro atoms. The number of amides is 2. The number of hydrogen-bond acceptors (Lipinski definition) is 3. The molecule has 1 saturated heterocycles. The first-order valence-electron chi connectivity index (χ1n) is 13.9. The standard InChI is InChI=1S/C31H37N3O3/c1-21-9-11-24-26(17-21)34-20-29(36)33(19-28(35)32-13-6-15-37-16-14-32)27-18-22(2)10-12-25(27)31(34)30(24)23-7-4-3-5-8-23/h9-12,17-18,23H,3-8,13-16,19-20H2,1-2H3. The Hall–Kier alpha value is -3.12. The fraction of sp³-hybridized carbons (Fsp3) is 0.484. The first-order chi connectivity index (χ1) is 18.0. The molecule has 6 heteroatoms. The molecule has 0 radical (unpaired) electrons. The van der Waals surface area contributed by atoms with Crippen LogP contribution in [0.25, 0.3) is 22.2 Å². The van der Waals surface area contributed by atoms with E-state index >= 15 is 0 Å². The average Bonchev–Trinajstić information content (AvgIpc) is 3.05. The number of rotatable bonds is 3. The van der Waals surface area contributed by atoms with Crippen LogP contribution in [0.4, 0.5) is 5.69 Å². The number of carbonyl (C=O) groups excluding carboxylic acids is 2. The summed E-state index contributed by atoms with van der Waals surface area (Å²) in [7, 11) is 0. The lowest BCUT2D eigenvalue weighted by Crippen LogP contribution is -2.44. The van der Waals surface area contributed by atoms with Crippen molar-refractivity contribution in [3.05, 3.63) is 53.1 Å². The van der Waals surface area contributed by atoms with Crippen LogP contribution in [0, 0.1) is 13.8 Å². The van der Waals surface area contributed by atoms with Crippen LogP contribution in [0.5, 0.6) is 0 Å². The highest BCUT2D eigenvalue weighted by atomic mass is 16.5. The molecule has 3 aromatic rings. The van der Waals surface area contributed by atoms with Gasteiger partial charge in [-0.2, -0.15) is 0 Å². The maximum absolute atomic E-state index is 14.0. The van der Waals surface area contributed by atoms with Crippen LogP contribution in [0.3, 0.4) is 0 Å². The maximum Gasteiger partial charge on any atom is 0.247 e. The SMILES string of the molecule is Cc1ccc2c(c1)N(CC(=O)N1CCCOCC1)C(=O)Cn1c-2c(C2CCCCC2)c2ccc(C)cc21. The number of carbonyl (C=O) groups is 2. The summed E-state index contributed by atoms with van der Waals surface area (Å²) in [6, 6.07) is 13.1. The lowest BCUT2D eigenvalue weighted by Gasteiger charge is -2.27. The molecule has 1 aromatic heterocycles. The minimum Gasteiger partial charge on any atom is -0.380 e. The molecule has 3 heterocycles. The van der Waals surface area contributed by atoms with E-state index in [1.54, 1.807) is 4.90 Å². The van der Waals surface area contributed by atoms with Gasteiger partial charge < -0.3 is 19.1 Å². The Morgan fingerprint density at radius 3 is 2.57 bits per heavy atom. The summed E-state index contributed by atoms with van der Waals surface area (Å²) in [5.74, 6) is 0.453. The summed E-state index contributed by atoms with van der Waals surface area (Å²) >= 11 is 0. The molecule has 37 heavy (non-hydrogen) atoms. The van der Waals surface area contributed by atoms with Gasteiger partial charge in [-0.1, -0.05) is 43.5 Å². The molecule has 0 bridgehead atoms. The number of benzene rings is 2. The van der Waals surface area contributed by atoms with Gasteiger partial charge in [-0.3, -0.25) is 9.59 Å². The van der Waals surface area contributed by atoms with Crippen LogP contribution >= 0.6 is 0 Å². The van der Waals surface area contributed by atoms with Crippen LogP contribution in [-0.4, -0.2) is 54.1 Å². The van der Waals surface area contributed by atoms with E-state index in [9.17, 15) is 9.59 Å². The number of aromatic nitrogens is 1. The molecule has 1 saturated carbocycles. The summed E-state index contributed by atoms with van der Waals surface area (Å²) < 4.78 is 7.80. The van der Waals surface area contributed by atoms with Crippen molar-refractivity contribution >= 4 is 28.4 Å². The monoisotopic (exact) mass is 499 g/mol. The molecule has 194 valence electrons. The highest BCUT2D eigenvalue weighted by Gasteiger charge is 2.34. The van der Waals surface area contributed by atoms with Gasteiger partial charge in [-0.05, 0) is 67.9 Å². The van der Waals surface area contributed by atoms with Gasteiger partial charge in [0.05, 0.1) is 18.0 Å². The Balaban J connectivity index is 1.50. The molecule has 3 aliphatic rings. The average molecular weight is 500 g/mol. The van der Waals surface area contributed by atoms with Gasteiger partial charge in [0.1, 0.15) is 13.1 Å². The molecular weight excluding hydrogens is 462 g/mol. The van der Waals surface area contributed by atoms with Gasteiger partial charge in [0, 0.05) is 36.2 Å². The van der Waals surface area contributed by atoms with E-state index in [0.29, 0.717) is 32.2 Å². The fourth-order valence-corrected chi connectivity index (χ4v) is 6.57. The second kappa shape index (κ2) is 9.97. The van der Waals surface area contributed by atoms with E-state index in [1.807, 2.05) is 4.90 Å². The highest BCUT2D eigenvalue weighted by Crippen LogP contribution is 2.47. The van der Waals surface area contributed by atoms with Crippen molar-refractivity contribution in [2.75, 3.05) is 37.7 Å². The maximum atomic E-state index is 14.0. The minimum atomic E-state index is -0.0291. The quantitative estimate of drug-likeness (QED) is 0.474. The number of hydrogen-bond donors (Lipinski definition) is 0. The Kier molecular flexibility index (Phi) is 6.53. The van der Waals surface area contributed by atoms with Gasteiger partial charge in [0.15, 0.2) is 0 Å². The number of ether oxygens (including phenoxy) is 1. The first kappa shape index (κ1) is 24.2. The van der Waals surface area contributed by atoms with Crippen molar-refractivity contribution in [2.45, 2.75) is 64.8 Å². The normalized spacial score (nSPS) is 18.9. The first-order valence-corrected chi connectivity index (χ1v) is 13.9. The van der Waals surface area contributed by atoms with Crippen LogP contribution in [0.1, 0.15) is 61.1 Å². The summed E-state index contributed by atoms with van der Waals surface area (Å²) in [5.41, 5.74) is 7.91. The summed E-state index contributed by atoms with van der Waals surface area (Å²) in [5, 5.41) is 1.28. The van der Waals surface area contributed by atoms with Crippen molar-refractivity contribution in [1.82, 2.24) is 9.47 Å². The lowest BCUT2D eigenvalue weighted by molar-refractivity contribution is -0.131. The molecule has 6 nitrogen and oxygen atoms in total. The van der Waals surface area contributed by atoms with E-state index in [1.165, 1.54) is 54.3 Å². The predicted octanol–water partition coefficient (Wildman–Crippen LogP) is 5.57. The number of nitrogens with zero attached hydrogens (tertiary/aromatic N) is 3. The summed E-state index contributed by atoms with van der Waals surface area (Å²) in [6.07, 6.45) is 7.01. The smallest absolute Gasteiger partial charge is 0.247 e. The number of aryl methyl sites for hydroxylation is 2. The van der Waals surface area contributed by atoms with Gasteiger partial charge in [-0.25, -0.2) is 0 Å². The van der Waals surface area contributed by atoms with Crippen LogP contribution in [0.15, 0.2) is 36.4 Å². The van der Waals surface area contributed by atoms with Crippen molar-refractivity contribution in [3.8, 4) is 11.3 Å². The predicted molar refractivity (Wildman–Crippen MR) is 147 cm³/mol. The van der Waals surface area contributed by atoms with Crippen molar-refractivity contribution in [3.63, 3.8) is 0 Å². The second-order valence-electron chi connectivity index (χ2n) is 11.1. The molecular formula is C31H37N3O3. The molecule has 0 N–H and O–H groups in total. The third-order valence-electron chi connectivity index (χ3n) is 8.43. The highest BCUT2D eigenvalue weighted by molar-refractivity contribution is 6.07. The Morgan fingerprint density at radius 1 is 0.946 bits per heavy atom. The molecule has 6 rings (SSSR count). The van der Waals surface area contributed by atoms with Gasteiger partial charge in [-0.15, -0.1) is 0 Å². The van der Waals surface area contributed by atoms with E-state index in [-0.39, 0.29) is 24.9 Å². The number of fused-ring (bicyclic) bond motifs is 5. The Labute approximate surface area is 219 Å². The molecule has 2 amide bonds. The largest absolute Gasteiger partial charge is 0.380 e. The zero-order valence-corrected chi connectivity index (χ0v) is 22.1. The van der Waals surface area contributed by atoms with E-state index in [2.05, 4.69) is 54.8 Å². The van der Waals surface area contributed by atoms with Crippen LogP contribution < -0.4 is 4.90 Å². The summed E-state index contributed by atoms with van der Waals surface area (Å²) in [4.78, 5) is 31.0. The van der Waals surface area contributed by atoms with Crippen molar-refractivity contribution in [2.24, 2.45) is 0 Å². The Morgan fingerprint density at radius 2 is 1.73 bits per heavy atom. The van der Waals surface area contributed by atoms with Crippen molar-refractivity contribution < 1.29 is 14.3 Å². The third kappa shape index (κ3) is 4.46. The molecule has 2 fully saturated rings. The lowest BCUT2D eigenvalue weighted by atomic mass is 9.81. The molecule has 0 atom stereocenters. The zero-order valence-electron chi connectivity index (χ0n) is 22.1. The van der Waals surface area contributed by atoms with Gasteiger partial charge in [0.25, 0.3) is 0 Å². The number of anilines is 1. The molecule has 1 aliphatic carbocycles. The zero-order chi connectivity index (χ0) is 25.5. The van der Waals surface area contributed by atoms with Crippen molar-refractivity contribution in [1.29, 1.82) is 0 Å². The van der Waals surface area contributed by atoms with Crippen LogP contribution in [0.2, 0.25) is 0 Å². The van der Waals surface area contributed by atoms with Gasteiger partial charge >= 0.3 is 0 Å². The Bertz CT molecular complexity index is 1340. The minimum absolute atomic E-state index is 0.00825. The van der Waals surface area contributed by atoms with Gasteiger partial charge in [0.2, 0.25) is 11.8 Å².